The third-order valence-electron chi connectivity index (χ3n) is 2.12. The minimum atomic E-state index is -0.723. The van der Waals surface area contributed by atoms with Crippen molar-refractivity contribution >= 4 is 44.2 Å². The number of hydrogen-bond donors (Lipinski definition) is 1. The summed E-state index contributed by atoms with van der Waals surface area (Å²) < 4.78 is 24.8. The van der Waals surface area contributed by atoms with E-state index in [1.807, 2.05) is 0 Å². The van der Waals surface area contributed by atoms with Crippen LogP contribution in [0.2, 0.25) is 0 Å². The number of carbonyl (C=O) groups excluding carboxylic acids is 1. The Bertz CT molecular complexity index is 572. The van der Waals surface area contributed by atoms with E-state index in [9.17, 15) is 9.18 Å². The van der Waals surface area contributed by atoms with Crippen LogP contribution in [0.3, 0.4) is 0 Å². The molecule has 8 heteroatoms. The molecule has 1 amide bonds. The highest BCUT2D eigenvalue weighted by molar-refractivity contribution is 9.11. The Kier molecular flexibility index (Phi) is 6.15. The van der Waals surface area contributed by atoms with Crippen molar-refractivity contribution in [3.05, 3.63) is 26.4 Å². The third kappa shape index (κ3) is 5.28. The van der Waals surface area contributed by atoms with E-state index in [4.69, 9.17) is 9.47 Å². The molecular formula is C13H15Br2FN2O3. The summed E-state index contributed by atoms with van der Waals surface area (Å²) in [6.45, 7) is 5.18. The summed E-state index contributed by atoms with van der Waals surface area (Å²) in [5.74, 6) is -0.0978. The number of nitrogens with zero attached hydrogens (tertiary/aromatic N) is 1. The SMILES string of the molecule is COc1c(Br)cc(F)c(C=NNC(=O)OC(C)(C)C)c1Br. The van der Waals surface area contributed by atoms with Gasteiger partial charge in [-0.05, 0) is 58.7 Å². The second-order valence-electron chi connectivity index (χ2n) is 4.97. The monoisotopic (exact) mass is 424 g/mol. The topological polar surface area (TPSA) is 59.9 Å². The lowest BCUT2D eigenvalue weighted by Crippen LogP contribution is -2.29. The Morgan fingerprint density at radius 2 is 2.05 bits per heavy atom. The number of rotatable bonds is 3. The average molecular weight is 426 g/mol. The van der Waals surface area contributed by atoms with Crippen LogP contribution in [-0.2, 0) is 4.74 Å². The molecule has 0 spiro atoms. The lowest BCUT2D eigenvalue weighted by atomic mass is 10.2. The molecule has 5 nitrogen and oxygen atoms in total. The number of benzene rings is 1. The summed E-state index contributed by atoms with van der Waals surface area (Å²) in [6, 6.07) is 1.25. The van der Waals surface area contributed by atoms with Crippen molar-refractivity contribution in [2.24, 2.45) is 5.10 Å². The number of carbonyl (C=O) groups is 1. The van der Waals surface area contributed by atoms with Crippen LogP contribution in [0.15, 0.2) is 20.1 Å². The highest BCUT2D eigenvalue weighted by atomic mass is 79.9. The molecule has 0 saturated carbocycles. The number of nitrogens with one attached hydrogen (secondary N) is 1. The Hall–Kier alpha value is -1.15. The van der Waals surface area contributed by atoms with Crippen LogP contribution in [0.4, 0.5) is 9.18 Å². The molecule has 0 saturated heterocycles. The zero-order chi connectivity index (χ0) is 16.2. The van der Waals surface area contributed by atoms with Gasteiger partial charge >= 0.3 is 6.09 Å². The van der Waals surface area contributed by atoms with Crippen LogP contribution >= 0.6 is 31.9 Å². The maximum Gasteiger partial charge on any atom is 0.428 e. The fourth-order valence-corrected chi connectivity index (χ4v) is 2.84. The summed E-state index contributed by atoms with van der Waals surface area (Å²) in [7, 11) is 1.46. The molecule has 0 aliphatic rings. The van der Waals surface area contributed by atoms with Crippen molar-refractivity contribution in [3.8, 4) is 5.75 Å². The van der Waals surface area contributed by atoms with Crippen molar-refractivity contribution < 1.29 is 18.7 Å². The molecule has 0 fully saturated rings. The molecule has 1 N–H and O–H groups in total. The average Bonchev–Trinajstić information content (AvgIpc) is 2.31. The number of halogens is 3. The number of hydrazone groups is 1. The number of methoxy groups -OCH3 is 1. The van der Waals surface area contributed by atoms with Crippen molar-refractivity contribution in [3.63, 3.8) is 0 Å². The Morgan fingerprint density at radius 3 is 2.57 bits per heavy atom. The first kappa shape index (κ1) is 17.9. The van der Waals surface area contributed by atoms with E-state index in [0.29, 0.717) is 14.7 Å². The van der Waals surface area contributed by atoms with Crippen LogP contribution in [0.5, 0.6) is 5.75 Å². The largest absolute Gasteiger partial charge is 0.494 e. The smallest absolute Gasteiger partial charge is 0.428 e. The first-order valence-corrected chi connectivity index (χ1v) is 7.48. The van der Waals surface area contributed by atoms with E-state index >= 15 is 0 Å². The quantitative estimate of drug-likeness (QED) is 0.582. The van der Waals surface area contributed by atoms with Gasteiger partial charge in [-0.15, -0.1) is 0 Å². The molecule has 0 atom stereocenters. The zero-order valence-electron chi connectivity index (χ0n) is 12.0. The van der Waals surface area contributed by atoms with Crippen LogP contribution in [-0.4, -0.2) is 25.0 Å². The summed E-state index contributed by atoms with van der Waals surface area (Å²) in [4.78, 5) is 11.4. The molecule has 116 valence electrons. The summed E-state index contributed by atoms with van der Waals surface area (Å²) in [5, 5.41) is 3.66. The van der Waals surface area contributed by atoms with Crippen molar-refractivity contribution in [2.45, 2.75) is 26.4 Å². The predicted molar refractivity (Wildman–Crippen MR) is 85.3 cm³/mol. The molecule has 1 rings (SSSR count). The normalized spacial score (nSPS) is 11.6. The summed E-state index contributed by atoms with van der Waals surface area (Å²) in [5.41, 5.74) is 1.67. The molecule has 0 bridgehead atoms. The van der Waals surface area contributed by atoms with Gasteiger partial charge in [0.1, 0.15) is 17.2 Å². The molecule has 1 aromatic carbocycles. The van der Waals surface area contributed by atoms with Gasteiger partial charge in [-0.25, -0.2) is 14.6 Å². The zero-order valence-corrected chi connectivity index (χ0v) is 15.1. The molecule has 21 heavy (non-hydrogen) atoms. The van der Waals surface area contributed by atoms with E-state index in [-0.39, 0.29) is 5.56 Å². The number of ether oxygens (including phenoxy) is 2. The third-order valence-corrected chi connectivity index (χ3v) is 3.49. The van der Waals surface area contributed by atoms with Gasteiger partial charge in [0.15, 0.2) is 0 Å². The lowest BCUT2D eigenvalue weighted by Gasteiger charge is -2.18. The standard InChI is InChI=1S/C13H15Br2FN2O3/c1-13(2,3)21-12(19)18-17-6-7-9(16)5-8(14)11(20-4)10(7)15/h5-6H,1-4H3,(H,18,19). The highest BCUT2D eigenvalue weighted by Crippen LogP contribution is 2.36. The molecule has 0 aromatic heterocycles. The number of amides is 1. The molecular weight excluding hydrogens is 411 g/mol. The fraction of sp³-hybridized carbons (Fsp3) is 0.385. The number of hydrogen-bond acceptors (Lipinski definition) is 4. The first-order valence-electron chi connectivity index (χ1n) is 5.89. The van der Waals surface area contributed by atoms with Crippen LogP contribution < -0.4 is 10.2 Å². The first-order chi connectivity index (χ1) is 9.65. The Balaban J connectivity index is 2.89. The molecule has 1 aromatic rings. The van der Waals surface area contributed by atoms with Crippen molar-refractivity contribution in [2.75, 3.05) is 7.11 Å². The van der Waals surface area contributed by atoms with Crippen LogP contribution in [0.25, 0.3) is 0 Å². The van der Waals surface area contributed by atoms with Gasteiger partial charge < -0.3 is 9.47 Å². The Morgan fingerprint density at radius 1 is 1.43 bits per heavy atom. The molecule has 0 aliphatic carbocycles. The van der Waals surface area contributed by atoms with Crippen molar-refractivity contribution in [1.82, 2.24) is 5.43 Å². The predicted octanol–water partition coefficient (Wildman–Crippen LogP) is 4.22. The maximum atomic E-state index is 13.9. The van der Waals surface area contributed by atoms with E-state index < -0.39 is 17.5 Å². The van der Waals surface area contributed by atoms with Gasteiger partial charge in [-0.2, -0.15) is 5.10 Å². The van der Waals surface area contributed by atoms with Crippen LogP contribution in [0, 0.1) is 5.82 Å². The second-order valence-corrected chi connectivity index (χ2v) is 6.62. The summed E-state index contributed by atoms with van der Waals surface area (Å²) in [6.07, 6.45) is 0.442. The van der Waals surface area contributed by atoms with Gasteiger partial charge in [0, 0.05) is 5.56 Å². The molecule has 0 heterocycles. The van der Waals surface area contributed by atoms with E-state index in [1.54, 1.807) is 20.8 Å². The lowest BCUT2D eigenvalue weighted by molar-refractivity contribution is 0.0529. The molecule has 0 aliphatic heterocycles. The summed E-state index contributed by atoms with van der Waals surface area (Å²) >= 11 is 6.42. The molecule has 0 unspecified atom stereocenters. The van der Waals surface area contributed by atoms with Gasteiger partial charge in [0.25, 0.3) is 0 Å². The highest BCUT2D eigenvalue weighted by Gasteiger charge is 2.17. The van der Waals surface area contributed by atoms with Crippen LogP contribution in [0.1, 0.15) is 26.3 Å². The van der Waals surface area contributed by atoms with Crippen molar-refractivity contribution in [1.29, 1.82) is 0 Å². The van der Waals surface area contributed by atoms with E-state index in [2.05, 4.69) is 42.4 Å². The van der Waals surface area contributed by atoms with Gasteiger partial charge in [0.2, 0.25) is 0 Å². The van der Waals surface area contributed by atoms with E-state index in [1.165, 1.54) is 13.2 Å². The fourth-order valence-electron chi connectivity index (χ4n) is 1.34. The van der Waals surface area contributed by atoms with Gasteiger partial charge in [-0.3, -0.25) is 0 Å². The van der Waals surface area contributed by atoms with Gasteiger partial charge in [0.05, 0.1) is 22.3 Å². The molecule has 0 radical (unpaired) electrons. The second kappa shape index (κ2) is 7.22. The van der Waals surface area contributed by atoms with Gasteiger partial charge in [-0.1, -0.05) is 0 Å². The Labute approximate surface area is 139 Å². The minimum absolute atomic E-state index is 0.145. The maximum absolute atomic E-state index is 13.9. The van der Waals surface area contributed by atoms with E-state index in [0.717, 1.165) is 6.21 Å². The minimum Gasteiger partial charge on any atom is -0.494 e.